The minimum Gasteiger partial charge on any atom is -0.272 e. The van der Waals surface area contributed by atoms with Crippen molar-refractivity contribution in [2.45, 2.75) is 45.2 Å². The SMILES string of the molecule is CC(=NNC(=O)CSc1nnc(-c2ccc(C(C)(C)C)cc2)n1-c1ccc(C)cc1)c1cccs1. The number of thioether (sulfide) groups is 1. The zero-order valence-corrected chi connectivity index (χ0v) is 22.2. The normalized spacial score (nSPS) is 12.1. The highest BCUT2D eigenvalue weighted by Crippen LogP contribution is 2.30. The van der Waals surface area contributed by atoms with E-state index in [1.807, 2.05) is 41.1 Å². The van der Waals surface area contributed by atoms with Gasteiger partial charge in [-0.05, 0) is 48.4 Å². The highest BCUT2D eigenvalue weighted by Gasteiger charge is 2.19. The van der Waals surface area contributed by atoms with E-state index in [2.05, 4.69) is 84.8 Å². The number of carbonyl (C=O) groups is 1. The molecule has 0 saturated heterocycles. The van der Waals surface area contributed by atoms with Crippen LogP contribution in [0, 0.1) is 6.92 Å². The van der Waals surface area contributed by atoms with Gasteiger partial charge in [0.05, 0.1) is 11.5 Å². The molecule has 0 aliphatic carbocycles. The van der Waals surface area contributed by atoms with Crippen LogP contribution in [0.3, 0.4) is 0 Å². The molecular formula is C27H29N5OS2. The number of aryl methyl sites for hydroxylation is 1. The Hall–Kier alpha value is -3.23. The van der Waals surface area contributed by atoms with Gasteiger partial charge in [0.2, 0.25) is 0 Å². The zero-order valence-electron chi connectivity index (χ0n) is 20.6. The number of rotatable bonds is 7. The molecule has 2 aromatic heterocycles. The quantitative estimate of drug-likeness (QED) is 0.184. The predicted octanol–water partition coefficient (Wildman–Crippen LogP) is 6.23. The number of carbonyl (C=O) groups excluding carboxylic acids is 1. The fraction of sp³-hybridized carbons (Fsp3) is 0.259. The first-order valence-electron chi connectivity index (χ1n) is 11.4. The molecule has 0 aliphatic heterocycles. The Labute approximate surface area is 214 Å². The van der Waals surface area contributed by atoms with Crippen molar-refractivity contribution < 1.29 is 4.79 Å². The molecule has 0 spiro atoms. The van der Waals surface area contributed by atoms with E-state index >= 15 is 0 Å². The summed E-state index contributed by atoms with van der Waals surface area (Å²) in [6.45, 7) is 10.5. The first kappa shape index (κ1) is 24.9. The summed E-state index contributed by atoms with van der Waals surface area (Å²) < 4.78 is 2.00. The molecule has 1 amide bonds. The largest absolute Gasteiger partial charge is 0.272 e. The number of thiophene rings is 1. The Bertz CT molecular complexity index is 1320. The second kappa shape index (κ2) is 10.6. The third-order valence-corrected chi connectivity index (χ3v) is 7.40. The molecule has 2 aromatic carbocycles. The van der Waals surface area contributed by atoms with Gasteiger partial charge in [-0.15, -0.1) is 21.5 Å². The number of hydrogen-bond donors (Lipinski definition) is 1. The number of hydrazone groups is 1. The number of aromatic nitrogens is 3. The van der Waals surface area contributed by atoms with Crippen LogP contribution >= 0.6 is 23.1 Å². The molecule has 0 aliphatic rings. The van der Waals surface area contributed by atoms with Gasteiger partial charge in [-0.25, -0.2) is 5.43 Å². The van der Waals surface area contributed by atoms with Crippen LogP contribution in [0.2, 0.25) is 0 Å². The lowest BCUT2D eigenvalue weighted by Crippen LogP contribution is -2.21. The third kappa shape index (κ3) is 6.07. The Morgan fingerprint density at radius 1 is 1.06 bits per heavy atom. The van der Waals surface area contributed by atoms with Crippen molar-refractivity contribution in [3.8, 4) is 17.1 Å². The van der Waals surface area contributed by atoms with Crippen molar-refractivity contribution in [2.75, 3.05) is 5.75 Å². The maximum Gasteiger partial charge on any atom is 0.250 e. The van der Waals surface area contributed by atoms with E-state index in [1.165, 1.54) is 22.9 Å². The van der Waals surface area contributed by atoms with E-state index in [4.69, 9.17) is 0 Å². The van der Waals surface area contributed by atoms with Gasteiger partial charge in [0.25, 0.3) is 5.91 Å². The van der Waals surface area contributed by atoms with Crippen molar-refractivity contribution in [3.63, 3.8) is 0 Å². The lowest BCUT2D eigenvalue weighted by atomic mass is 9.87. The van der Waals surface area contributed by atoms with Crippen LogP contribution in [0.15, 0.2) is 76.3 Å². The highest BCUT2D eigenvalue weighted by atomic mass is 32.2. The van der Waals surface area contributed by atoms with Crippen LogP contribution in [0.1, 0.15) is 43.7 Å². The van der Waals surface area contributed by atoms with Crippen LogP contribution in [-0.4, -0.2) is 32.1 Å². The molecule has 4 rings (SSSR count). The van der Waals surface area contributed by atoms with E-state index in [-0.39, 0.29) is 17.1 Å². The standard InChI is InChI=1S/C27H29N5OS2/c1-18-8-14-22(15-9-18)32-25(20-10-12-21(13-11-20)27(3,4)5)30-31-26(32)35-17-24(33)29-28-19(2)23-7-6-16-34-23/h6-16H,17H2,1-5H3,(H,29,33). The Morgan fingerprint density at radius 3 is 2.40 bits per heavy atom. The summed E-state index contributed by atoms with van der Waals surface area (Å²) >= 11 is 2.92. The molecule has 180 valence electrons. The average Bonchev–Trinajstić information content (AvgIpc) is 3.52. The van der Waals surface area contributed by atoms with Gasteiger partial charge in [0.15, 0.2) is 11.0 Å². The molecule has 0 unspecified atom stereocenters. The topological polar surface area (TPSA) is 72.2 Å². The Kier molecular flexibility index (Phi) is 7.52. The maximum atomic E-state index is 12.5. The molecule has 0 radical (unpaired) electrons. The molecule has 0 fully saturated rings. The average molecular weight is 504 g/mol. The van der Waals surface area contributed by atoms with Crippen molar-refractivity contribution in [1.82, 2.24) is 20.2 Å². The first-order valence-corrected chi connectivity index (χ1v) is 13.2. The Morgan fingerprint density at radius 2 is 1.77 bits per heavy atom. The predicted molar refractivity (Wildman–Crippen MR) is 146 cm³/mol. The summed E-state index contributed by atoms with van der Waals surface area (Å²) in [7, 11) is 0. The van der Waals surface area contributed by atoms with Gasteiger partial charge < -0.3 is 0 Å². The van der Waals surface area contributed by atoms with Gasteiger partial charge in [-0.1, -0.05) is 80.6 Å². The molecule has 0 saturated carbocycles. The van der Waals surface area contributed by atoms with Crippen LogP contribution in [0.25, 0.3) is 17.1 Å². The van der Waals surface area contributed by atoms with Crippen molar-refractivity contribution in [3.05, 3.63) is 82.0 Å². The first-order chi connectivity index (χ1) is 16.7. The van der Waals surface area contributed by atoms with Gasteiger partial charge in [-0.2, -0.15) is 5.10 Å². The molecule has 35 heavy (non-hydrogen) atoms. The van der Waals surface area contributed by atoms with Crippen molar-refractivity contribution >= 4 is 34.7 Å². The number of hydrogen-bond acceptors (Lipinski definition) is 6. The monoisotopic (exact) mass is 503 g/mol. The van der Waals surface area contributed by atoms with Crippen LogP contribution in [-0.2, 0) is 10.2 Å². The van der Waals surface area contributed by atoms with Gasteiger partial charge in [-0.3, -0.25) is 9.36 Å². The minimum absolute atomic E-state index is 0.0713. The maximum absolute atomic E-state index is 12.5. The third-order valence-electron chi connectivity index (χ3n) is 5.49. The van der Waals surface area contributed by atoms with E-state index < -0.39 is 0 Å². The lowest BCUT2D eigenvalue weighted by molar-refractivity contribution is -0.118. The Balaban J connectivity index is 1.57. The fourth-order valence-corrected chi connectivity index (χ4v) is 4.87. The molecule has 0 atom stereocenters. The minimum atomic E-state index is -0.194. The van der Waals surface area contributed by atoms with Crippen LogP contribution in [0.5, 0.6) is 0 Å². The summed E-state index contributed by atoms with van der Waals surface area (Å²) in [6.07, 6.45) is 0. The molecule has 1 N–H and O–H groups in total. The van der Waals surface area contributed by atoms with E-state index in [0.29, 0.717) is 5.16 Å². The lowest BCUT2D eigenvalue weighted by Gasteiger charge is -2.19. The van der Waals surface area contributed by atoms with Gasteiger partial charge in [0, 0.05) is 16.1 Å². The summed E-state index contributed by atoms with van der Waals surface area (Å²) in [5.41, 5.74) is 7.84. The zero-order chi connectivity index (χ0) is 25.0. The van der Waals surface area contributed by atoms with Crippen molar-refractivity contribution in [2.24, 2.45) is 5.10 Å². The highest BCUT2D eigenvalue weighted by molar-refractivity contribution is 7.99. The number of nitrogens with one attached hydrogen (secondary N) is 1. The van der Waals surface area contributed by atoms with Crippen LogP contribution < -0.4 is 5.43 Å². The summed E-state index contributed by atoms with van der Waals surface area (Å²) in [4.78, 5) is 13.5. The van der Waals surface area contributed by atoms with E-state index in [9.17, 15) is 4.79 Å². The van der Waals surface area contributed by atoms with Crippen LogP contribution in [0.4, 0.5) is 0 Å². The molecule has 2 heterocycles. The second-order valence-corrected chi connectivity index (χ2v) is 11.2. The van der Waals surface area contributed by atoms with Gasteiger partial charge in [0.1, 0.15) is 0 Å². The molecule has 0 bridgehead atoms. The van der Waals surface area contributed by atoms with Gasteiger partial charge >= 0.3 is 0 Å². The fourth-order valence-electron chi connectivity index (χ4n) is 3.44. The molecule has 6 nitrogen and oxygen atoms in total. The summed E-state index contributed by atoms with van der Waals surface area (Å²) in [6, 6.07) is 20.6. The molecular weight excluding hydrogens is 474 g/mol. The summed E-state index contributed by atoms with van der Waals surface area (Å²) in [5.74, 6) is 0.720. The van der Waals surface area contributed by atoms with E-state index in [1.54, 1.807) is 11.3 Å². The number of benzene rings is 2. The number of amides is 1. The van der Waals surface area contributed by atoms with Crippen molar-refractivity contribution in [1.29, 1.82) is 0 Å². The smallest absolute Gasteiger partial charge is 0.250 e. The molecule has 8 heteroatoms. The number of nitrogens with zero attached hydrogens (tertiary/aromatic N) is 4. The van der Waals surface area contributed by atoms with E-state index in [0.717, 1.165) is 27.7 Å². The second-order valence-electron chi connectivity index (χ2n) is 9.30. The summed E-state index contributed by atoms with van der Waals surface area (Å²) in [5, 5.41) is 15.8. The molecule has 4 aromatic rings.